The van der Waals surface area contributed by atoms with Gasteiger partial charge >= 0.3 is 0 Å². The van der Waals surface area contributed by atoms with Gasteiger partial charge in [0.05, 0.1) is 6.54 Å². The first-order chi connectivity index (χ1) is 11.1. The largest absolute Gasteiger partial charge is 0.342 e. The van der Waals surface area contributed by atoms with Crippen LogP contribution in [-0.4, -0.2) is 23.8 Å². The van der Waals surface area contributed by atoms with Gasteiger partial charge in [-0.3, -0.25) is 0 Å². The molecule has 3 aromatic rings. The van der Waals surface area contributed by atoms with Crippen molar-refractivity contribution in [2.45, 2.75) is 30.6 Å². The van der Waals surface area contributed by atoms with Crippen molar-refractivity contribution in [1.82, 2.24) is 8.87 Å². The number of aromatic nitrogens is 1. The highest BCUT2D eigenvalue weighted by Gasteiger charge is 2.30. The van der Waals surface area contributed by atoms with Crippen LogP contribution in [0.2, 0.25) is 0 Å². The van der Waals surface area contributed by atoms with Crippen molar-refractivity contribution < 1.29 is 8.42 Å². The predicted molar refractivity (Wildman–Crippen MR) is 93.2 cm³/mol. The van der Waals surface area contributed by atoms with E-state index >= 15 is 0 Å². The van der Waals surface area contributed by atoms with Crippen LogP contribution in [0.1, 0.15) is 17.5 Å². The maximum atomic E-state index is 12.9. The molecule has 4 rings (SSSR count). The van der Waals surface area contributed by atoms with Gasteiger partial charge in [-0.15, -0.1) is 11.3 Å². The molecule has 0 radical (unpaired) electrons. The Kier molecular flexibility index (Phi) is 3.55. The van der Waals surface area contributed by atoms with E-state index in [0.717, 1.165) is 17.0 Å². The number of fused-ring (bicyclic) bond motifs is 3. The maximum absolute atomic E-state index is 12.9. The zero-order valence-corrected chi connectivity index (χ0v) is 14.5. The van der Waals surface area contributed by atoms with Crippen molar-refractivity contribution in [2.24, 2.45) is 0 Å². The molecule has 0 unspecified atom stereocenters. The second-order valence-electron chi connectivity index (χ2n) is 5.76. The molecule has 6 heteroatoms. The Morgan fingerprint density at radius 2 is 1.96 bits per heavy atom. The molecule has 0 bridgehead atoms. The van der Waals surface area contributed by atoms with E-state index in [4.69, 9.17) is 0 Å². The van der Waals surface area contributed by atoms with E-state index in [0.29, 0.717) is 23.8 Å². The number of hydrogen-bond acceptors (Lipinski definition) is 3. The van der Waals surface area contributed by atoms with Gasteiger partial charge in [-0.2, -0.15) is 4.31 Å². The minimum atomic E-state index is -3.39. The van der Waals surface area contributed by atoms with Gasteiger partial charge in [-0.05, 0) is 36.1 Å². The highest BCUT2D eigenvalue weighted by Crippen LogP contribution is 2.30. The molecule has 2 aromatic heterocycles. The molecule has 0 saturated carbocycles. The third kappa shape index (κ3) is 2.41. The molecule has 3 heterocycles. The molecule has 23 heavy (non-hydrogen) atoms. The van der Waals surface area contributed by atoms with E-state index in [1.165, 1.54) is 22.2 Å². The molecule has 0 saturated heterocycles. The highest BCUT2D eigenvalue weighted by atomic mass is 32.2. The molecule has 0 N–H and O–H groups in total. The molecule has 4 nitrogen and oxygen atoms in total. The number of aryl methyl sites for hydroxylation is 1. The molecule has 1 aromatic carbocycles. The van der Waals surface area contributed by atoms with Crippen LogP contribution < -0.4 is 0 Å². The van der Waals surface area contributed by atoms with Crippen molar-refractivity contribution in [1.29, 1.82) is 0 Å². The van der Waals surface area contributed by atoms with Gasteiger partial charge in [0.2, 0.25) is 0 Å². The van der Waals surface area contributed by atoms with Gasteiger partial charge in [-0.1, -0.05) is 25.1 Å². The normalized spacial score (nSPS) is 15.9. The first-order valence-corrected chi connectivity index (χ1v) is 10.0. The molecule has 0 spiro atoms. The average Bonchev–Trinajstić information content (AvgIpc) is 3.19. The molecule has 120 valence electrons. The lowest BCUT2D eigenvalue weighted by molar-refractivity contribution is 0.346. The van der Waals surface area contributed by atoms with E-state index in [9.17, 15) is 8.42 Å². The smallest absolute Gasteiger partial charge is 0.252 e. The van der Waals surface area contributed by atoms with Crippen LogP contribution in [0.25, 0.3) is 10.9 Å². The quantitative estimate of drug-likeness (QED) is 0.729. The summed E-state index contributed by atoms with van der Waals surface area (Å²) in [4.78, 5) is 1.11. The van der Waals surface area contributed by atoms with E-state index in [1.807, 2.05) is 25.1 Å². The third-order valence-corrected chi connectivity index (χ3v) is 7.93. The summed E-state index contributed by atoms with van der Waals surface area (Å²) in [6.45, 7) is 3.71. The van der Waals surface area contributed by atoms with Gasteiger partial charge in [0.15, 0.2) is 0 Å². The molecule has 1 aliphatic heterocycles. The van der Waals surface area contributed by atoms with Crippen molar-refractivity contribution in [3.05, 3.63) is 53.0 Å². The van der Waals surface area contributed by atoms with Gasteiger partial charge in [0, 0.05) is 29.2 Å². The molecular formula is C17H18N2O2S2. The van der Waals surface area contributed by atoms with Gasteiger partial charge < -0.3 is 4.57 Å². The van der Waals surface area contributed by atoms with Crippen molar-refractivity contribution in [2.75, 3.05) is 6.54 Å². The van der Waals surface area contributed by atoms with Crippen LogP contribution in [0, 0.1) is 0 Å². The van der Waals surface area contributed by atoms with Crippen molar-refractivity contribution in [3.8, 4) is 0 Å². The Hall–Kier alpha value is -1.63. The number of hydrogen-bond donors (Lipinski definition) is 0. The Morgan fingerprint density at radius 1 is 1.13 bits per heavy atom. The Balaban J connectivity index is 1.69. The van der Waals surface area contributed by atoms with E-state index in [2.05, 4.69) is 22.8 Å². The van der Waals surface area contributed by atoms with Crippen LogP contribution in [0.5, 0.6) is 0 Å². The summed E-state index contributed by atoms with van der Waals surface area (Å²) in [6, 6.07) is 14.0. The number of sulfonamides is 1. The molecule has 0 atom stereocenters. The second kappa shape index (κ2) is 5.47. The van der Waals surface area contributed by atoms with Crippen molar-refractivity contribution >= 4 is 32.3 Å². The number of rotatable bonds is 3. The van der Waals surface area contributed by atoms with Crippen LogP contribution in [0.4, 0.5) is 0 Å². The van der Waals surface area contributed by atoms with Gasteiger partial charge in [0.1, 0.15) is 4.21 Å². The van der Waals surface area contributed by atoms with Crippen LogP contribution >= 0.6 is 11.3 Å². The topological polar surface area (TPSA) is 42.3 Å². The highest BCUT2D eigenvalue weighted by molar-refractivity contribution is 7.91. The lowest BCUT2D eigenvalue weighted by Crippen LogP contribution is -2.37. The molecule has 0 amide bonds. The second-order valence-corrected chi connectivity index (χ2v) is 9.09. The van der Waals surface area contributed by atoms with Gasteiger partial charge in [-0.25, -0.2) is 8.42 Å². The van der Waals surface area contributed by atoms with Gasteiger partial charge in [0.25, 0.3) is 10.0 Å². The SMILES string of the molecule is CCc1ccc(S(=O)(=O)N2CCn3c(cc4ccccc43)C2)s1. The fourth-order valence-corrected chi connectivity index (χ4v) is 6.01. The van der Waals surface area contributed by atoms with Crippen LogP contribution in [0.3, 0.4) is 0 Å². The van der Waals surface area contributed by atoms with Crippen LogP contribution in [0.15, 0.2) is 46.7 Å². The Bertz CT molecular complexity index is 970. The summed E-state index contributed by atoms with van der Waals surface area (Å²) in [5.41, 5.74) is 2.25. The van der Waals surface area contributed by atoms with Crippen LogP contribution in [-0.2, 0) is 29.5 Å². The summed E-state index contributed by atoms with van der Waals surface area (Å²) in [5, 5.41) is 1.17. The lowest BCUT2D eigenvalue weighted by Gasteiger charge is -2.27. The van der Waals surface area contributed by atoms with Crippen molar-refractivity contribution in [3.63, 3.8) is 0 Å². The van der Waals surface area contributed by atoms with E-state index < -0.39 is 10.0 Å². The Labute approximate surface area is 140 Å². The Morgan fingerprint density at radius 3 is 2.74 bits per heavy atom. The standard InChI is InChI=1S/C17H18N2O2S2/c1-2-15-7-8-17(22-15)23(20,21)18-9-10-19-14(12-18)11-13-5-3-4-6-16(13)19/h3-8,11H,2,9-10,12H2,1H3. The minimum absolute atomic E-state index is 0.441. The molecule has 1 aliphatic rings. The zero-order chi connectivity index (χ0) is 16.0. The van der Waals surface area contributed by atoms with E-state index in [-0.39, 0.29) is 0 Å². The summed E-state index contributed by atoms with van der Waals surface area (Å²) in [6.07, 6.45) is 0.869. The number of benzene rings is 1. The first kappa shape index (κ1) is 14.9. The number of nitrogens with zero attached hydrogens (tertiary/aromatic N) is 2. The fourth-order valence-electron chi connectivity index (χ4n) is 3.15. The lowest BCUT2D eigenvalue weighted by atomic mass is 10.2. The molecule has 0 aliphatic carbocycles. The number of thiophene rings is 1. The summed E-state index contributed by atoms with van der Waals surface area (Å²) in [7, 11) is -3.39. The fraction of sp³-hybridized carbons (Fsp3) is 0.294. The monoisotopic (exact) mass is 346 g/mol. The first-order valence-electron chi connectivity index (χ1n) is 7.75. The number of para-hydroxylation sites is 1. The maximum Gasteiger partial charge on any atom is 0.252 e. The predicted octanol–water partition coefficient (Wildman–Crippen LogP) is 3.47. The third-order valence-electron chi connectivity index (χ3n) is 4.39. The summed E-state index contributed by atoms with van der Waals surface area (Å²) < 4.78 is 30.0. The average molecular weight is 346 g/mol. The minimum Gasteiger partial charge on any atom is -0.342 e. The summed E-state index contributed by atoms with van der Waals surface area (Å²) in [5.74, 6) is 0. The molecular weight excluding hydrogens is 328 g/mol. The summed E-state index contributed by atoms with van der Waals surface area (Å²) >= 11 is 1.38. The molecule has 0 fully saturated rings. The van der Waals surface area contributed by atoms with E-state index in [1.54, 1.807) is 10.4 Å². The zero-order valence-electron chi connectivity index (χ0n) is 12.9.